The Morgan fingerprint density at radius 1 is 1.20 bits per heavy atom. The van der Waals surface area contributed by atoms with E-state index in [-0.39, 0.29) is 24.1 Å². The van der Waals surface area contributed by atoms with Crippen molar-refractivity contribution in [3.63, 3.8) is 0 Å². The average molecular weight is 409 g/mol. The third-order valence-electron chi connectivity index (χ3n) is 5.22. The van der Waals surface area contributed by atoms with E-state index in [0.717, 1.165) is 24.1 Å². The number of carboxylic acid groups (broad SMARTS) is 1. The molecule has 0 aromatic heterocycles. The van der Waals surface area contributed by atoms with E-state index in [1.165, 1.54) is 0 Å². The Hall–Kier alpha value is -3.35. The highest BCUT2D eigenvalue weighted by Gasteiger charge is 2.25. The number of aliphatic carboxylic acids is 1. The van der Waals surface area contributed by atoms with E-state index in [0.29, 0.717) is 36.4 Å². The number of ether oxygens (including phenoxy) is 1. The molecule has 2 aromatic carbocycles. The number of hydrogen-bond donors (Lipinski definition) is 3. The summed E-state index contributed by atoms with van der Waals surface area (Å²) in [6.45, 7) is 3.02. The van der Waals surface area contributed by atoms with Crippen LogP contribution in [-0.4, -0.2) is 36.0 Å². The van der Waals surface area contributed by atoms with Crippen molar-refractivity contribution in [3.8, 4) is 5.75 Å². The van der Waals surface area contributed by atoms with Crippen molar-refractivity contribution in [2.75, 3.05) is 18.1 Å². The molecular weight excluding hydrogens is 382 g/mol. The molecule has 1 unspecified atom stereocenters. The van der Waals surface area contributed by atoms with Gasteiger partial charge in [0.2, 0.25) is 0 Å². The third-order valence-corrected chi connectivity index (χ3v) is 5.22. The highest BCUT2D eigenvalue weighted by molar-refractivity contribution is 6.06. The second-order valence-corrected chi connectivity index (χ2v) is 7.57. The Labute approximate surface area is 176 Å². The molecule has 1 atom stereocenters. The van der Waals surface area contributed by atoms with E-state index in [4.69, 9.17) is 21.0 Å². The minimum absolute atomic E-state index is 0.0152. The second-order valence-electron chi connectivity index (χ2n) is 7.57. The Morgan fingerprint density at radius 2 is 1.90 bits per heavy atom. The zero-order chi connectivity index (χ0) is 21.7. The summed E-state index contributed by atoms with van der Waals surface area (Å²) in [6, 6.07) is 12.4. The minimum Gasteiger partial charge on any atom is -0.493 e. The number of unbranched alkanes of at least 4 members (excludes halogenated alkanes) is 1. The number of amidine groups is 1. The van der Waals surface area contributed by atoms with E-state index in [1.54, 1.807) is 41.3 Å². The molecule has 1 aliphatic rings. The van der Waals surface area contributed by atoms with Gasteiger partial charge in [0.1, 0.15) is 11.6 Å². The lowest BCUT2D eigenvalue weighted by Crippen LogP contribution is -2.32. The molecule has 1 heterocycles. The molecule has 7 nitrogen and oxygen atoms in total. The SMILES string of the molecule is CCCCN(C(=O)c1ccc2c(c1)CC(CC(=O)O)CO2)c1ccc(C(=N)N)cc1. The van der Waals surface area contributed by atoms with Crippen LogP contribution >= 0.6 is 0 Å². The Kier molecular flexibility index (Phi) is 6.72. The molecule has 0 spiro atoms. The van der Waals surface area contributed by atoms with Gasteiger partial charge in [-0.05, 0) is 60.9 Å². The maximum atomic E-state index is 13.3. The van der Waals surface area contributed by atoms with Gasteiger partial charge in [0, 0.05) is 29.3 Å². The average Bonchev–Trinajstić information content (AvgIpc) is 2.73. The first-order chi connectivity index (χ1) is 14.4. The van der Waals surface area contributed by atoms with Crippen LogP contribution in [0.1, 0.15) is 47.7 Å². The molecule has 0 bridgehead atoms. The smallest absolute Gasteiger partial charge is 0.303 e. The van der Waals surface area contributed by atoms with E-state index in [9.17, 15) is 9.59 Å². The number of anilines is 1. The number of carbonyl (C=O) groups is 2. The molecule has 0 radical (unpaired) electrons. The third kappa shape index (κ3) is 4.97. The van der Waals surface area contributed by atoms with Crippen LogP contribution in [-0.2, 0) is 11.2 Å². The molecule has 30 heavy (non-hydrogen) atoms. The number of nitrogens with two attached hydrogens (primary N) is 1. The lowest BCUT2D eigenvalue weighted by molar-refractivity contribution is -0.138. The van der Waals surface area contributed by atoms with E-state index in [1.807, 2.05) is 6.07 Å². The predicted molar refractivity (Wildman–Crippen MR) is 115 cm³/mol. The molecule has 0 fully saturated rings. The van der Waals surface area contributed by atoms with Crippen molar-refractivity contribution in [1.29, 1.82) is 5.41 Å². The number of benzene rings is 2. The van der Waals surface area contributed by atoms with Gasteiger partial charge in [0.25, 0.3) is 5.91 Å². The molecule has 4 N–H and O–H groups in total. The van der Waals surface area contributed by atoms with Gasteiger partial charge in [-0.25, -0.2) is 0 Å². The van der Waals surface area contributed by atoms with Gasteiger partial charge in [0.05, 0.1) is 13.0 Å². The highest BCUT2D eigenvalue weighted by atomic mass is 16.5. The number of fused-ring (bicyclic) bond motifs is 1. The van der Waals surface area contributed by atoms with Crippen molar-refractivity contribution in [2.24, 2.45) is 11.7 Å². The van der Waals surface area contributed by atoms with Crippen molar-refractivity contribution >= 4 is 23.4 Å². The summed E-state index contributed by atoms with van der Waals surface area (Å²) in [5, 5.41) is 16.6. The summed E-state index contributed by atoms with van der Waals surface area (Å²) in [7, 11) is 0. The van der Waals surface area contributed by atoms with Crippen molar-refractivity contribution in [2.45, 2.75) is 32.6 Å². The maximum absolute atomic E-state index is 13.3. The van der Waals surface area contributed by atoms with Crippen LogP contribution in [0.5, 0.6) is 5.75 Å². The molecule has 0 saturated carbocycles. The van der Waals surface area contributed by atoms with Gasteiger partial charge in [-0.3, -0.25) is 15.0 Å². The monoisotopic (exact) mass is 409 g/mol. The molecule has 1 aliphatic heterocycles. The zero-order valence-corrected chi connectivity index (χ0v) is 17.1. The fraction of sp³-hybridized carbons (Fsp3) is 0.348. The molecule has 7 heteroatoms. The molecular formula is C23H27N3O4. The number of hydrogen-bond acceptors (Lipinski definition) is 4. The van der Waals surface area contributed by atoms with Crippen molar-refractivity contribution in [3.05, 3.63) is 59.2 Å². The fourth-order valence-corrected chi connectivity index (χ4v) is 3.61. The van der Waals surface area contributed by atoms with Crippen LogP contribution in [0.3, 0.4) is 0 Å². The van der Waals surface area contributed by atoms with E-state index in [2.05, 4.69) is 6.92 Å². The first kappa shape index (κ1) is 21.4. The van der Waals surface area contributed by atoms with Crippen molar-refractivity contribution in [1.82, 2.24) is 0 Å². The van der Waals surface area contributed by atoms with Crippen LogP contribution < -0.4 is 15.4 Å². The minimum atomic E-state index is -0.848. The topological polar surface area (TPSA) is 117 Å². The molecule has 0 saturated heterocycles. The normalized spacial score (nSPS) is 15.0. The number of nitrogens with one attached hydrogen (secondary N) is 1. The van der Waals surface area contributed by atoms with Crippen LogP contribution in [0.15, 0.2) is 42.5 Å². The highest BCUT2D eigenvalue weighted by Crippen LogP contribution is 2.30. The van der Waals surface area contributed by atoms with Gasteiger partial charge >= 0.3 is 5.97 Å². The molecule has 158 valence electrons. The summed E-state index contributed by atoms with van der Waals surface area (Å²) >= 11 is 0. The molecule has 2 aromatic rings. The lowest BCUT2D eigenvalue weighted by atomic mass is 9.93. The zero-order valence-electron chi connectivity index (χ0n) is 17.1. The molecule has 0 aliphatic carbocycles. The first-order valence-corrected chi connectivity index (χ1v) is 10.1. The summed E-state index contributed by atoms with van der Waals surface area (Å²) in [5.41, 5.74) is 8.29. The number of carbonyl (C=O) groups excluding carboxylic acids is 1. The molecule has 1 amide bonds. The van der Waals surface area contributed by atoms with Crippen LogP contribution in [0, 0.1) is 11.3 Å². The van der Waals surface area contributed by atoms with Crippen LogP contribution in [0.2, 0.25) is 0 Å². The maximum Gasteiger partial charge on any atom is 0.303 e. The van der Waals surface area contributed by atoms with E-state index < -0.39 is 5.97 Å². The Morgan fingerprint density at radius 3 is 2.53 bits per heavy atom. The first-order valence-electron chi connectivity index (χ1n) is 10.1. The number of amides is 1. The standard InChI is InChI=1S/C23H27N3O4/c1-2-3-10-26(19-7-4-16(5-8-19)22(24)25)23(29)17-6-9-20-18(13-17)11-15(14-30-20)12-21(27)28/h4-9,13,15H,2-3,10-12,14H2,1H3,(H3,24,25)(H,27,28). The van der Waals surface area contributed by atoms with Crippen molar-refractivity contribution < 1.29 is 19.4 Å². The Balaban J connectivity index is 1.86. The predicted octanol–water partition coefficient (Wildman–Crippen LogP) is 3.44. The Bertz CT molecular complexity index is 940. The fourth-order valence-electron chi connectivity index (χ4n) is 3.61. The second kappa shape index (κ2) is 9.43. The number of nitrogen functional groups attached to an aromatic ring is 1. The lowest BCUT2D eigenvalue weighted by Gasteiger charge is -2.26. The van der Waals surface area contributed by atoms with Gasteiger partial charge in [-0.15, -0.1) is 0 Å². The summed E-state index contributed by atoms with van der Waals surface area (Å²) in [5.74, 6) is -0.380. The van der Waals surface area contributed by atoms with Gasteiger partial charge in [-0.1, -0.05) is 13.3 Å². The van der Waals surface area contributed by atoms with Crippen LogP contribution in [0.4, 0.5) is 5.69 Å². The summed E-state index contributed by atoms with van der Waals surface area (Å²) in [4.78, 5) is 26.1. The van der Waals surface area contributed by atoms with Gasteiger partial charge < -0.3 is 20.5 Å². The molecule has 3 rings (SSSR count). The quantitative estimate of drug-likeness (QED) is 0.456. The van der Waals surface area contributed by atoms with E-state index >= 15 is 0 Å². The van der Waals surface area contributed by atoms with Gasteiger partial charge in [-0.2, -0.15) is 0 Å². The summed E-state index contributed by atoms with van der Waals surface area (Å²) < 4.78 is 5.70. The van der Waals surface area contributed by atoms with Crippen LogP contribution in [0.25, 0.3) is 0 Å². The number of carboxylic acids is 1. The summed E-state index contributed by atoms with van der Waals surface area (Å²) in [6.07, 6.45) is 2.42. The number of rotatable bonds is 8. The number of nitrogens with zero attached hydrogens (tertiary/aromatic N) is 1. The van der Waals surface area contributed by atoms with Gasteiger partial charge in [0.15, 0.2) is 0 Å². The largest absolute Gasteiger partial charge is 0.493 e.